The fourth-order valence-corrected chi connectivity index (χ4v) is 3.56. The average molecular weight is 453 g/mol. The molecule has 0 bridgehead atoms. The van der Waals surface area contributed by atoms with Gasteiger partial charge < -0.3 is 19.7 Å². The Kier molecular flexibility index (Phi) is 8.18. The van der Waals surface area contributed by atoms with Gasteiger partial charge in [0.2, 0.25) is 5.91 Å². The van der Waals surface area contributed by atoms with Crippen LogP contribution < -0.4 is 10.2 Å². The van der Waals surface area contributed by atoms with Gasteiger partial charge in [0.05, 0.1) is 18.1 Å². The highest BCUT2D eigenvalue weighted by Crippen LogP contribution is 2.26. The summed E-state index contributed by atoms with van der Waals surface area (Å²) in [6.45, 7) is 3.97. The molecule has 1 atom stereocenters. The van der Waals surface area contributed by atoms with E-state index >= 15 is 0 Å². The summed E-state index contributed by atoms with van der Waals surface area (Å²) in [5, 5.41) is 2.75. The molecule has 1 N–H and O–H groups in total. The van der Waals surface area contributed by atoms with Gasteiger partial charge in [-0.25, -0.2) is 4.79 Å². The fraction of sp³-hybridized carbons (Fsp3) is 0.360. The lowest BCUT2D eigenvalue weighted by Crippen LogP contribution is -2.28. The molecule has 1 aliphatic heterocycles. The second-order valence-electron chi connectivity index (χ2n) is 7.75. The van der Waals surface area contributed by atoms with Crippen molar-refractivity contribution in [3.8, 4) is 0 Å². The number of hydrogen-bond donors (Lipinski definition) is 1. The van der Waals surface area contributed by atoms with E-state index < -0.39 is 30.4 Å². The first-order valence-electron chi connectivity index (χ1n) is 11.0. The molecule has 1 saturated heterocycles. The number of nitrogens with zero attached hydrogens (tertiary/aromatic N) is 1. The van der Waals surface area contributed by atoms with E-state index in [9.17, 15) is 19.2 Å². The number of rotatable bonds is 9. The van der Waals surface area contributed by atoms with E-state index in [0.717, 1.165) is 18.4 Å². The quantitative estimate of drug-likeness (QED) is 0.586. The maximum atomic E-state index is 12.4. The van der Waals surface area contributed by atoms with Gasteiger partial charge in [-0.2, -0.15) is 0 Å². The lowest BCUT2D eigenvalue weighted by Gasteiger charge is -2.17. The van der Waals surface area contributed by atoms with Crippen LogP contribution in [0.5, 0.6) is 0 Å². The summed E-state index contributed by atoms with van der Waals surface area (Å²) in [6.07, 6.45) is 1.49. The number of aryl methyl sites for hydroxylation is 1. The first-order valence-corrected chi connectivity index (χ1v) is 11.0. The molecule has 1 aliphatic rings. The van der Waals surface area contributed by atoms with Gasteiger partial charge in [-0.15, -0.1) is 0 Å². The van der Waals surface area contributed by atoms with E-state index in [-0.39, 0.29) is 18.9 Å². The molecule has 2 aromatic carbocycles. The molecule has 2 aromatic rings. The first-order chi connectivity index (χ1) is 15.9. The molecule has 0 radical (unpaired) electrons. The van der Waals surface area contributed by atoms with E-state index in [2.05, 4.69) is 5.32 Å². The van der Waals surface area contributed by atoms with Crippen molar-refractivity contribution in [3.63, 3.8) is 0 Å². The average Bonchev–Trinajstić information content (AvgIpc) is 3.23. The third-order valence-electron chi connectivity index (χ3n) is 5.33. The Labute approximate surface area is 192 Å². The summed E-state index contributed by atoms with van der Waals surface area (Å²) >= 11 is 0. The molecule has 3 rings (SSSR count). The highest BCUT2D eigenvalue weighted by molar-refractivity contribution is 6.00. The molecule has 1 fully saturated rings. The zero-order valence-electron chi connectivity index (χ0n) is 18.8. The van der Waals surface area contributed by atoms with E-state index in [1.165, 1.54) is 4.90 Å². The molecule has 0 unspecified atom stereocenters. The summed E-state index contributed by atoms with van der Waals surface area (Å²) in [5.41, 5.74) is 2.64. The van der Waals surface area contributed by atoms with Gasteiger partial charge in [0.1, 0.15) is 0 Å². The number of para-hydroxylation sites is 1. The Hall–Kier alpha value is -3.68. The lowest BCUT2D eigenvalue weighted by molar-refractivity contribution is -0.151. The summed E-state index contributed by atoms with van der Waals surface area (Å²) in [4.78, 5) is 50.5. The SMILES string of the molecule is CCCOC(=O)c1ccc(N2C[C@@H](C(=O)OCC(=O)Nc3ccccc3CC)CC2=O)cc1. The predicted octanol–water partition coefficient (Wildman–Crippen LogP) is 3.35. The normalized spacial score (nSPS) is 15.3. The smallest absolute Gasteiger partial charge is 0.338 e. The maximum Gasteiger partial charge on any atom is 0.338 e. The van der Waals surface area contributed by atoms with E-state index in [1.807, 2.05) is 32.0 Å². The third-order valence-corrected chi connectivity index (χ3v) is 5.33. The zero-order valence-corrected chi connectivity index (χ0v) is 18.8. The molecule has 8 heteroatoms. The molecule has 0 spiro atoms. The highest BCUT2D eigenvalue weighted by Gasteiger charge is 2.36. The van der Waals surface area contributed by atoms with Crippen LogP contribution in [0.4, 0.5) is 11.4 Å². The predicted molar refractivity (Wildman–Crippen MR) is 123 cm³/mol. The minimum atomic E-state index is -0.664. The van der Waals surface area contributed by atoms with Crippen LogP contribution in [0.25, 0.3) is 0 Å². The Morgan fingerprint density at radius 2 is 1.76 bits per heavy atom. The van der Waals surface area contributed by atoms with E-state index in [4.69, 9.17) is 9.47 Å². The van der Waals surface area contributed by atoms with Crippen molar-refractivity contribution >= 4 is 35.1 Å². The van der Waals surface area contributed by atoms with Gasteiger partial charge in [0.25, 0.3) is 5.91 Å². The van der Waals surface area contributed by atoms with Gasteiger partial charge in [-0.3, -0.25) is 14.4 Å². The van der Waals surface area contributed by atoms with Crippen LogP contribution >= 0.6 is 0 Å². The second kappa shape index (κ2) is 11.3. The van der Waals surface area contributed by atoms with Crippen LogP contribution in [0.2, 0.25) is 0 Å². The fourth-order valence-electron chi connectivity index (χ4n) is 3.56. The minimum Gasteiger partial charge on any atom is -0.462 e. The number of anilines is 2. The molecule has 0 aromatic heterocycles. The maximum absolute atomic E-state index is 12.4. The van der Waals surface area contributed by atoms with Crippen molar-refractivity contribution in [2.24, 2.45) is 5.92 Å². The van der Waals surface area contributed by atoms with Crippen molar-refractivity contribution in [2.75, 3.05) is 30.0 Å². The lowest BCUT2D eigenvalue weighted by atomic mass is 10.1. The number of carbonyl (C=O) groups excluding carboxylic acids is 4. The standard InChI is InChI=1S/C25H28N2O6/c1-3-13-32-24(30)18-9-11-20(12-10-18)27-15-19(14-23(27)29)25(31)33-16-22(28)26-21-8-6-5-7-17(21)4-2/h5-12,19H,3-4,13-16H2,1-2H3,(H,26,28)/t19-/m0/s1. The third kappa shape index (κ3) is 6.19. The Morgan fingerprint density at radius 3 is 2.45 bits per heavy atom. The van der Waals surface area contributed by atoms with Crippen LogP contribution in [0.15, 0.2) is 48.5 Å². The zero-order chi connectivity index (χ0) is 23.8. The molecular formula is C25H28N2O6. The van der Waals surface area contributed by atoms with Crippen molar-refractivity contribution in [1.29, 1.82) is 0 Å². The van der Waals surface area contributed by atoms with Crippen LogP contribution in [0, 0.1) is 5.92 Å². The summed E-state index contributed by atoms with van der Waals surface area (Å²) in [7, 11) is 0. The minimum absolute atomic E-state index is 0.000582. The number of benzene rings is 2. The van der Waals surface area contributed by atoms with Gasteiger partial charge >= 0.3 is 11.9 Å². The molecule has 2 amide bonds. The summed E-state index contributed by atoms with van der Waals surface area (Å²) < 4.78 is 10.3. The molecule has 8 nitrogen and oxygen atoms in total. The number of esters is 2. The summed E-state index contributed by atoms with van der Waals surface area (Å²) in [6, 6.07) is 13.9. The monoisotopic (exact) mass is 452 g/mol. The van der Waals surface area contributed by atoms with Crippen molar-refractivity contribution < 1.29 is 28.7 Å². The van der Waals surface area contributed by atoms with Crippen molar-refractivity contribution in [2.45, 2.75) is 33.1 Å². The van der Waals surface area contributed by atoms with Crippen molar-refractivity contribution in [1.82, 2.24) is 0 Å². The molecule has 1 heterocycles. The Bertz CT molecular complexity index is 1020. The molecule has 0 aliphatic carbocycles. The van der Waals surface area contributed by atoms with Gasteiger partial charge in [0.15, 0.2) is 6.61 Å². The topological polar surface area (TPSA) is 102 Å². The Balaban J connectivity index is 1.52. The molecule has 0 saturated carbocycles. The highest BCUT2D eigenvalue weighted by atomic mass is 16.5. The summed E-state index contributed by atoms with van der Waals surface area (Å²) in [5.74, 6) is -2.33. The van der Waals surface area contributed by atoms with Crippen LogP contribution in [-0.4, -0.2) is 43.5 Å². The number of nitrogens with one attached hydrogen (secondary N) is 1. The van der Waals surface area contributed by atoms with Crippen LogP contribution in [-0.2, 0) is 30.3 Å². The van der Waals surface area contributed by atoms with E-state index in [1.54, 1.807) is 30.3 Å². The number of amides is 2. The molecule has 33 heavy (non-hydrogen) atoms. The van der Waals surface area contributed by atoms with Gasteiger partial charge in [0, 0.05) is 24.3 Å². The second-order valence-corrected chi connectivity index (χ2v) is 7.75. The van der Waals surface area contributed by atoms with Crippen LogP contribution in [0.1, 0.15) is 42.6 Å². The first kappa shape index (κ1) is 24.0. The Morgan fingerprint density at radius 1 is 1.03 bits per heavy atom. The number of ether oxygens (including phenoxy) is 2. The van der Waals surface area contributed by atoms with Gasteiger partial charge in [-0.05, 0) is 48.7 Å². The largest absolute Gasteiger partial charge is 0.462 e. The van der Waals surface area contributed by atoms with Gasteiger partial charge in [-0.1, -0.05) is 32.0 Å². The van der Waals surface area contributed by atoms with E-state index in [0.29, 0.717) is 23.5 Å². The molecular weight excluding hydrogens is 424 g/mol. The van der Waals surface area contributed by atoms with Crippen LogP contribution in [0.3, 0.4) is 0 Å². The number of hydrogen-bond acceptors (Lipinski definition) is 6. The molecule has 174 valence electrons. The van der Waals surface area contributed by atoms with Crippen molar-refractivity contribution in [3.05, 3.63) is 59.7 Å². The number of carbonyl (C=O) groups is 4.